The summed E-state index contributed by atoms with van der Waals surface area (Å²) in [7, 11) is 0. The van der Waals surface area contributed by atoms with Gasteiger partial charge in [0.2, 0.25) is 0 Å². The first-order chi connectivity index (χ1) is 13.9. The monoisotopic (exact) mass is 420 g/mol. The van der Waals surface area contributed by atoms with Gasteiger partial charge in [-0.1, -0.05) is 23.7 Å². The lowest BCUT2D eigenvalue weighted by Crippen LogP contribution is -2.50. The van der Waals surface area contributed by atoms with Crippen molar-refractivity contribution in [1.82, 2.24) is 4.90 Å². The third-order valence-electron chi connectivity index (χ3n) is 4.62. The van der Waals surface area contributed by atoms with E-state index in [1.807, 2.05) is 4.90 Å². The van der Waals surface area contributed by atoms with Gasteiger partial charge in [-0.15, -0.1) is 0 Å². The Morgan fingerprint density at radius 3 is 2.38 bits per heavy atom. The van der Waals surface area contributed by atoms with E-state index in [1.54, 1.807) is 54.3 Å². The molecule has 0 unspecified atom stereocenters. The largest absolute Gasteiger partial charge is 0.479 e. The number of amides is 1. The molecule has 29 heavy (non-hydrogen) atoms. The topological polar surface area (TPSA) is 59.1 Å². The van der Waals surface area contributed by atoms with Crippen LogP contribution in [0.3, 0.4) is 0 Å². The lowest BCUT2D eigenvalue weighted by atomic mass is 10.2. The Kier molecular flexibility index (Phi) is 6.93. The van der Waals surface area contributed by atoms with Gasteiger partial charge in [0.1, 0.15) is 11.6 Å². The zero-order valence-electron chi connectivity index (χ0n) is 16.0. The van der Waals surface area contributed by atoms with Gasteiger partial charge in [0, 0.05) is 31.2 Å². The third kappa shape index (κ3) is 5.60. The second-order valence-electron chi connectivity index (χ2n) is 6.64. The summed E-state index contributed by atoms with van der Waals surface area (Å²) in [4.78, 5) is 27.9. The summed E-state index contributed by atoms with van der Waals surface area (Å²) in [5.41, 5.74) is 0.527. The minimum absolute atomic E-state index is 0.282. The fourth-order valence-corrected chi connectivity index (χ4v) is 3.14. The zero-order chi connectivity index (χ0) is 20.8. The molecule has 0 bridgehead atoms. The number of piperazine rings is 1. The highest BCUT2D eigenvalue weighted by atomic mass is 35.5. The van der Waals surface area contributed by atoms with E-state index in [0.29, 0.717) is 42.6 Å². The van der Waals surface area contributed by atoms with E-state index in [1.165, 1.54) is 6.07 Å². The minimum Gasteiger partial charge on any atom is -0.479 e. The van der Waals surface area contributed by atoms with Crippen molar-refractivity contribution in [3.8, 4) is 5.75 Å². The van der Waals surface area contributed by atoms with Gasteiger partial charge in [-0.2, -0.15) is 0 Å². The van der Waals surface area contributed by atoms with Crippen LogP contribution in [0.4, 0.5) is 10.1 Å². The van der Waals surface area contributed by atoms with Crippen LogP contribution in [-0.4, -0.2) is 55.7 Å². The first-order valence-corrected chi connectivity index (χ1v) is 9.68. The number of rotatable bonds is 6. The van der Waals surface area contributed by atoms with Crippen LogP contribution >= 0.6 is 11.6 Å². The van der Waals surface area contributed by atoms with Crippen LogP contribution in [0.15, 0.2) is 48.5 Å². The molecule has 6 nitrogen and oxygen atoms in total. The smallest absolute Gasteiger partial charge is 0.347 e. The molecule has 3 rings (SSSR count). The standard InChI is InChI=1S/C21H22ClFN2O4/c1-15(29-17-8-6-16(22)7-9-17)21(27)28-14-20(26)25-12-10-24(11-13-25)19-5-3-2-4-18(19)23/h2-9,15H,10-14H2,1H3/t15-/m0/s1. The molecular formula is C21H22ClFN2O4. The van der Waals surface area contributed by atoms with E-state index >= 15 is 0 Å². The molecule has 1 heterocycles. The predicted molar refractivity (Wildman–Crippen MR) is 108 cm³/mol. The lowest BCUT2D eigenvalue weighted by molar-refractivity contribution is -0.157. The Bertz CT molecular complexity index is 854. The second kappa shape index (κ2) is 9.60. The molecule has 0 radical (unpaired) electrons. The molecule has 1 aliphatic rings. The molecule has 0 spiro atoms. The highest BCUT2D eigenvalue weighted by molar-refractivity contribution is 6.30. The lowest BCUT2D eigenvalue weighted by Gasteiger charge is -2.36. The molecule has 2 aromatic rings. The highest BCUT2D eigenvalue weighted by Gasteiger charge is 2.24. The molecule has 1 fully saturated rings. The zero-order valence-corrected chi connectivity index (χ0v) is 16.8. The van der Waals surface area contributed by atoms with Crippen molar-refractivity contribution in [2.75, 3.05) is 37.7 Å². The van der Waals surface area contributed by atoms with Gasteiger partial charge in [0.05, 0.1) is 5.69 Å². The number of hydrogen-bond acceptors (Lipinski definition) is 5. The molecule has 1 aliphatic heterocycles. The van der Waals surface area contributed by atoms with E-state index < -0.39 is 12.1 Å². The molecule has 0 aromatic heterocycles. The van der Waals surface area contributed by atoms with Gasteiger partial charge in [-0.25, -0.2) is 9.18 Å². The number of hydrogen-bond donors (Lipinski definition) is 0. The Hall–Kier alpha value is -2.80. The van der Waals surface area contributed by atoms with Crippen molar-refractivity contribution in [2.45, 2.75) is 13.0 Å². The molecule has 1 atom stereocenters. The molecule has 8 heteroatoms. The van der Waals surface area contributed by atoms with Gasteiger partial charge in [-0.3, -0.25) is 4.79 Å². The van der Waals surface area contributed by atoms with Crippen molar-refractivity contribution in [3.05, 3.63) is 59.4 Å². The van der Waals surface area contributed by atoms with Crippen molar-refractivity contribution < 1.29 is 23.5 Å². The SMILES string of the molecule is C[C@H](Oc1ccc(Cl)cc1)C(=O)OCC(=O)N1CCN(c2ccccc2F)CC1. The van der Waals surface area contributed by atoms with Crippen molar-refractivity contribution in [2.24, 2.45) is 0 Å². The Morgan fingerprint density at radius 2 is 1.72 bits per heavy atom. The van der Waals surface area contributed by atoms with Crippen molar-refractivity contribution in [3.63, 3.8) is 0 Å². The van der Waals surface area contributed by atoms with E-state index in [-0.39, 0.29) is 18.3 Å². The van der Waals surface area contributed by atoms with E-state index in [2.05, 4.69) is 0 Å². The fraction of sp³-hybridized carbons (Fsp3) is 0.333. The maximum Gasteiger partial charge on any atom is 0.347 e. The molecule has 0 N–H and O–H groups in total. The number of halogens is 2. The van der Waals surface area contributed by atoms with E-state index in [4.69, 9.17) is 21.1 Å². The van der Waals surface area contributed by atoms with Crippen molar-refractivity contribution in [1.29, 1.82) is 0 Å². The first kappa shape index (κ1) is 20.9. The Morgan fingerprint density at radius 1 is 1.07 bits per heavy atom. The summed E-state index contributed by atoms with van der Waals surface area (Å²) in [6.07, 6.45) is -0.859. The molecule has 154 valence electrons. The average molecular weight is 421 g/mol. The summed E-state index contributed by atoms with van der Waals surface area (Å²) in [5.74, 6) is -0.714. The van der Waals surface area contributed by atoms with Crippen LogP contribution in [0.1, 0.15) is 6.92 Å². The number of ether oxygens (including phenoxy) is 2. The maximum absolute atomic E-state index is 13.9. The summed E-state index contributed by atoms with van der Waals surface area (Å²) >= 11 is 5.81. The van der Waals surface area contributed by atoms with Gasteiger partial charge >= 0.3 is 5.97 Å². The van der Waals surface area contributed by atoms with Crippen LogP contribution in [0.2, 0.25) is 5.02 Å². The van der Waals surface area contributed by atoms with E-state index in [0.717, 1.165) is 0 Å². The van der Waals surface area contributed by atoms with Crippen LogP contribution in [0, 0.1) is 5.82 Å². The molecule has 2 aromatic carbocycles. The number of esters is 1. The number of anilines is 1. The number of carbonyl (C=O) groups is 2. The summed E-state index contributed by atoms with van der Waals surface area (Å²) in [5, 5.41) is 0.563. The van der Waals surface area contributed by atoms with Gasteiger partial charge in [0.15, 0.2) is 12.7 Å². The average Bonchev–Trinajstić information content (AvgIpc) is 2.74. The van der Waals surface area contributed by atoms with Crippen molar-refractivity contribution >= 4 is 29.2 Å². The minimum atomic E-state index is -0.859. The maximum atomic E-state index is 13.9. The number of benzene rings is 2. The first-order valence-electron chi connectivity index (χ1n) is 9.30. The van der Waals surface area contributed by atoms with Crippen LogP contribution in [0.25, 0.3) is 0 Å². The summed E-state index contributed by atoms with van der Waals surface area (Å²) in [6.45, 7) is 3.08. The van der Waals surface area contributed by atoms with Crippen LogP contribution < -0.4 is 9.64 Å². The van der Waals surface area contributed by atoms with Crippen LogP contribution in [0.5, 0.6) is 5.75 Å². The summed E-state index contributed by atoms with van der Waals surface area (Å²) in [6, 6.07) is 13.2. The number of carbonyl (C=O) groups excluding carboxylic acids is 2. The van der Waals surface area contributed by atoms with Gasteiger partial charge in [0.25, 0.3) is 5.91 Å². The number of para-hydroxylation sites is 1. The normalized spacial score (nSPS) is 15.0. The molecule has 0 aliphatic carbocycles. The fourth-order valence-electron chi connectivity index (χ4n) is 3.01. The quantitative estimate of drug-likeness (QED) is 0.672. The predicted octanol–water partition coefficient (Wildman–Crippen LogP) is 3.14. The molecule has 1 amide bonds. The molecule has 0 saturated carbocycles. The number of nitrogens with zero attached hydrogens (tertiary/aromatic N) is 2. The van der Waals surface area contributed by atoms with Gasteiger partial charge < -0.3 is 19.3 Å². The summed E-state index contributed by atoms with van der Waals surface area (Å²) < 4.78 is 24.5. The highest BCUT2D eigenvalue weighted by Crippen LogP contribution is 2.20. The Balaban J connectivity index is 1.43. The molecular weight excluding hydrogens is 399 g/mol. The van der Waals surface area contributed by atoms with Gasteiger partial charge in [-0.05, 0) is 43.3 Å². The Labute approximate surface area is 173 Å². The van der Waals surface area contributed by atoms with Crippen LogP contribution in [-0.2, 0) is 14.3 Å². The van der Waals surface area contributed by atoms with E-state index in [9.17, 15) is 14.0 Å². The third-order valence-corrected chi connectivity index (χ3v) is 4.87. The molecule has 1 saturated heterocycles. The second-order valence-corrected chi connectivity index (χ2v) is 7.08.